The van der Waals surface area contributed by atoms with E-state index >= 15 is 0 Å². The summed E-state index contributed by atoms with van der Waals surface area (Å²) in [6.45, 7) is 5.41. The quantitative estimate of drug-likeness (QED) is 0.753. The Balaban J connectivity index is 2.59. The van der Waals surface area contributed by atoms with E-state index in [9.17, 15) is 9.59 Å². The number of anilines is 1. The molecule has 0 aliphatic heterocycles. The van der Waals surface area contributed by atoms with Crippen molar-refractivity contribution in [3.05, 3.63) is 5.01 Å². The molecule has 1 aromatic heterocycles. The molecular weight excluding hydrogens is 256 g/mol. The Labute approximate surface area is 109 Å². The van der Waals surface area contributed by atoms with Crippen molar-refractivity contribution >= 4 is 28.5 Å². The first-order valence-electron chi connectivity index (χ1n) is 5.54. The molecule has 8 heteroatoms. The van der Waals surface area contributed by atoms with Crippen molar-refractivity contribution in [2.45, 2.75) is 33.2 Å². The summed E-state index contributed by atoms with van der Waals surface area (Å²) >= 11 is 1.22. The maximum absolute atomic E-state index is 11.6. The molecule has 0 radical (unpaired) electrons. The van der Waals surface area contributed by atoms with Crippen molar-refractivity contribution in [2.24, 2.45) is 5.92 Å². The van der Waals surface area contributed by atoms with Crippen molar-refractivity contribution < 1.29 is 14.7 Å². The van der Waals surface area contributed by atoms with E-state index in [1.165, 1.54) is 11.3 Å². The van der Waals surface area contributed by atoms with Crippen LogP contribution >= 0.6 is 11.3 Å². The summed E-state index contributed by atoms with van der Waals surface area (Å²) in [5, 5.41) is 22.4. The minimum atomic E-state index is -1.05. The molecule has 0 spiro atoms. The fraction of sp³-hybridized carbons (Fsp3) is 0.600. The maximum atomic E-state index is 11.6. The summed E-state index contributed by atoms with van der Waals surface area (Å²) in [4.78, 5) is 22.6. The molecule has 0 aromatic carbocycles. The second-order valence-electron chi connectivity index (χ2n) is 3.93. The molecule has 0 saturated heterocycles. The van der Waals surface area contributed by atoms with Crippen LogP contribution in [0.25, 0.3) is 0 Å². The molecule has 0 aliphatic carbocycles. The van der Waals surface area contributed by atoms with E-state index in [0.29, 0.717) is 11.6 Å². The topological polar surface area (TPSA) is 104 Å². The molecule has 100 valence electrons. The smallest absolute Gasteiger partial charge is 0.326 e. The molecule has 2 amide bonds. The number of carboxylic acids is 1. The summed E-state index contributed by atoms with van der Waals surface area (Å²) in [5.41, 5.74) is 0. The normalized spacial score (nSPS) is 13.7. The molecule has 0 fully saturated rings. The van der Waals surface area contributed by atoms with E-state index in [2.05, 4.69) is 20.8 Å². The number of nitrogens with one attached hydrogen (secondary N) is 2. The first-order valence-corrected chi connectivity index (χ1v) is 6.36. The van der Waals surface area contributed by atoms with Crippen LogP contribution < -0.4 is 10.6 Å². The van der Waals surface area contributed by atoms with Crippen molar-refractivity contribution in [1.82, 2.24) is 15.5 Å². The van der Waals surface area contributed by atoms with Crippen LogP contribution in [-0.4, -0.2) is 33.3 Å². The summed E-state index contributed by atoms with van der Waals surface area (Å²) in [7, 11) is 0. The highest BCUT2D eigenvalue weighted by atomic mass is 32.1. The van der Waals surface area contributed by atoms with Gasteiger partial charge in [0.05, 0.1) is 0 Å². The standard InChI is InChI=1S/C10H16N4O3S/c1-4-5(2)7(8(15)16)11-9(17)12-10-14-13-6(3)18-10/h5,7H,4H2,1-3H3,(H,15,16)(H2,11,12,14,17). The van der Waals surface area contributed by atoms with Gasteiger partial charge in [0.15, 0.2) is 0 Å². The lowest BCUT2D eigenvalue weighted by Crippen LogP contribution is -2.46. The van der Waals surface area contributed by atoms with Crippen LogP contribution in [0.2, 0.25) is 0 Å². The molecule has 2 unspecified atom stereocenters. The van der Waals surface area contributed by atoms with Gasteiger partial charge in [-0.05, 0) is 12.8 Å². The average molecular weight is 272 g/mol. The highest BCUT2D eigenvalue weighted by Gasteiger charge is 2.25. The molecule has 0 bridgehead atoms. The van der Waals surface area contributed by atoms with Gasteiger partial charge in [0.25, 0.3) is 0 Å². The Morgan fingerprint density at radius 1 is 1.44 bits per heavy atom. The first-order chi connectivity index (χ1) is 8.43. The number of aromatic nitrogens is 2. The second-order valence-corrected chi connectivity index (χ2v) is 5.11. The Morgan fingerprint density at radius 3 is 2.56 bits per heavy atom. The molecular formula is C10H16N4O3S. The third-order valence-corrected chi connectivity index (χ3v) is 3.27. The van der Waals surface area contributed by atoms with Gasteiger partial charge < -0.3 is 10.4 Å². The number of hydrogen-bond donors (Lipinski definition) is 3. The van der Waals surface area contributed by atoms with Crippen molar-refractivity contribution in [2.75, 3.05) is 5.32 Å². The van der Waals surface area contributed by atoms with Crippen molar-refractivity contribution in [3.8, 4) is 0 Å². The number of carbonyl (C=O) groups is 2. The number of rotatable bonds is 5. The third kappa shape index (κ3) is 3.95. The van der Waals surface area contributed by atoms with Gasteiger partial charge in [0.1, 0.15) is 11.0 Å². The zero-order valence-corrected chi connectivity index (χ0v) is 11.2. The SMILES string of the molecule is CCC(C)C(NC(=O)Nc1nnc(C)s1)C(=O)O. The number of aliphatic carboxylic acids is 1. The number of hydrogen-bond acceptors (Lipinski definition) is 5. The summed E-state index contributed by atoms with van der Waals surface area (Å²) in [5.74, 6) is -1.20. The van der Waals surface area contributed by atoms with E-state index in [1.807, 2.05) is 6.92 Å². The molecule has 0 aliphatic rings. The molecule has 18 heavy (non-hydrogen) atoms. The van der Waals surface area contributed by atoms with Gasteiger partial charge in [-0.1, -0.05) is 31.6 Å². The minimum absolute atomic E-state index is 0.149. The summed E-state index contributed by atoms with van der Waals surface area (Å²) < 4.78 is 0. The molecule has 2 atom stereocenters. The molecule has 0 saturated carbocycles. The second kappa shape index (κ2) is 6.29. The van der Waals surface area contributed by atoms with Crippen LogP contribution in [0, 0.1) is 12.8 Å². The van der Waals surface area contributed by atoms with Gasteiger partial charge >= 0.3 is 12.0 Å². The highest BCUT2D eigenvalue weighted by Crippen LogP contribution is 2.14. The van der Waals surface area contributed by atoms with Crippen molar-refractivity contribution in [1.29, 1.82) is 0 Å². The van der Waals surface area contributed by atoms with Gasteiger partial charge in [0.2, 0.25) is 5.13 Å². The summed E-state index contributed by atoms with van der Waals surface area (Å²) in [6, 6.07) is -1.50. The predicted molar refractivity (Wildman–Crippen MR) is 67.7 cm³/mol. The minimum Gasteiger partial charge on any atom is -0.480 e. The van der Waals surface area contributed by atoms with Gasteiger partial charge in [0, 0.05) is 0 Å². The van der Waals surface area contributed by atoms with E-state index in [1.54, 1.807) is 13.8 Å². The van der Waals surface area contributed by atoms with Crippen LogP contribution in [-0.2, 0) is 4.79 Å². The number of carbonyl (C=O) groups excluding carboxylic acids is 1. The van der Waals surface area contributed by atoms with Crippen molar-refractivity contribution in [3.63, 3.8) is 0 Å². The van der Waals surface area contributed by atoms with Crippen LogP contribution in [0.3, 0.4) is 0 Å². The highest BCUT2D eigenvalue weighted by molar-refractivity contribution is 7.15. The molecule has 1 rings (SSSR count). The largest absolute Gasteiger partial charge is 0.480 e. The zero-order chi connectivity index (χ0) is 13.7. The molecule has 1 heterocycles. The number of nitrogens with zero attached hydrogens (tertiary/aromatic N) is 2. The number of aryl methyl sites for hydroxylation is 1. The lowest BCUT2D eigenvalue weighted by molar-refractivity contribution is -0.140. The van der Waals surface area contributed by atoms with Gasteiger partial charge in [-0.25, -0.2) is 9.59 Å². The lowest BCUT2D eigenvalue weighted by Gasteiger charge is -2.19. The first kappa shape index (κ1) is 14.4. The summed E-state index contributed by atoms with van der Waals surface area (Å²) in [6.07, 6.45) is 0.662. The van der Waals surface area contributed by atoms with Gasteiger partial charge in [-0.2, -0.15) is 0 Å². The zero-order valence-electron chi connectivity index (χ0n) is 10.4. The fourth-order valence-corrected chi connectivity index (χ4v) is 1.89. The Bertz CT molecular complexity index is 435. The van der Waals surface area contributed by atoms with Crippen LogP contribution in [0.4, 0.5) is 9.93 Å². The van der Waals surface area contributed by atoms with Crippen LogP contribution in [0.1, 0.15) is 25.3 Å². The van der Waals surface area contributed by atoms with E-state index < -0.39 is 18.0 Å². The molecule has 1 aromatic rings. The predicted octanol–water partition coefficient (Wildman–Crippen LogP) is 1.47. The average Bonchev–Trinajstić information content (AvgIpc) is 2.70. The lowest BCUT2D eigenvalue weighted by atomic mass is 10.00. The molecule has 7 nitrogen and oxygen atoms in total. The van der Waals surface area contributed by atoms with Gasteiger partial charge in [-0.3, -0.25) is 5.32 Å². The Hall–Kier alpha value is -1.70. The number of carboxylic acid groups (broad SMARTS) is 1. The maximum Gasteiger partial charge on any atom is 0.326 e. The van der Waals surface area contributed by atoms with E-state index in [0.717, 1.165) is 5.01 Å². The van der Waals surface area contributed by atoms with E-state index in [-0.39, 0.29) is 5.92 Å². The Morgan fingerprint density at radius 2 is 2.11 bits per heavy atom. The molecule has 3 N–H and O–H groups in total. The monoisotopic (exact) mass is 272 g/mol. The number of urea groups is 1. The van der Waals surface area contributed by atoms with Crippen LogP contribution in [0.5, 0.6) is 0 Å². The Kier molecular flexibility index (Phi) is 5.02. The third-order valence-electron chi connectivity index (χ3n) is 2.51. The van der Waals surface area contributed by atoms with E-state index in [4.69, 9.17) is 5.11 Å². The van der Waals surface area contributed by atoms with Crippen LogP contribution in [0.15, 0.2) is 0 Å². The fourth-order valence-electron chi connectivity index (χ4n) is 1.30. The van der Waals surface area contributed by atoms with Gasteiger partial charge in [-0.15, -0.1) is 10.2 Å². The number of amides is 2.